The first-order valence-corrected chi connectivity index (χ1v) is 17.1. The Hall–Kier alpha value is -2.93. The van der Waals surface area contributed by atoms with Gasteiger partial charge in [0.2, 0.25) is 11.8 Å². The summed E-state index contributed by atoms with van der Waals surface area (Å²) in [6.45, 7) is 6.15. The van der Waals surface area contributed by atoms with Gasteiger partial charge >= 0.3 is 5.97 Å². The highest BCUT2D eigenvalue weighted by molar-refractivity contribution is 5.93. The maximum atomic E-state index is 14.4. The van der Waals surface area contributed by atoms with Crippen LogP contribution >= 0.6 is 0 Å². The minimum Gasteiger partial charge on any atom is -0.468 e. The molecule has 2 saturated heterocycles. The Morgan fingerprint density at radius 3 is 2.45 bits per heavy atom. The molecule has 1 saturated carbocycles. The van der Waals surface area contributed by atoms with Crippen LogP contribution in [-0.2, 0) is 23.9 Å². The molecule has 238 valence electrons. The van der Waals surface area contributed by atoms with Crippen molar-refractivity contribution in [2.45, 2.75) is 103 Å². The molecule has 0 N–H and O–H groups in total. The molecule has 2 amide bonds. The minimum atomic E-state index is -1.08. The number of likely N-dealkylation sites (tertiary alicyclic amines) is 2. The van der Waals surface area contributed by atoms with Gasteiger partial charge in [0.25, 0.3) is 0 Å². The number of amides is 2. The number of rotatable bonds is 9. The highest BCUT2D eigenvalue weighted by Crippen LogP contribution is 2.56. The molecule has 0 radical (unpaired) electrons. The summed E-state index contributed by atoms with van der Waals surface area (Å²) in [6, 6.07) is 10.5. The van der Waals surface area contributed by atoms with E-state index in [0.29, 0.717) is 25.6 Å². The molecule has 2 aliphatic carbocycles. The monoisotopic (exact) mass is 602 g/mol. The molecule has 3 heterocycles. The summed E-state index contributed by atoms with van der Waals surface area (Å²) in [5.41, 5.74) is 2.40. The number of fused-ring (bicyclic) bond motifs is 1. The molecule has 44 heavy (non-hydrogen) atoms. The Morgan fingerprint density at radius 2 is 1.82 bits per heavy atom. The zero-order chi connectivity index (χ0) is 30.8. The average Bonchev–Trinajstić information content (AvgIpc) is 3.90. The van der Waals surface area contributed by atoms with E-state index in [4.69, 9.17) is 9.47 Å². The van der Waals surface area contributed by atoms with Gasteiger partial charge < -0.3 is 19.3 Å². The van der Waals surface area contributed by atoms with Gasteiger partial charge in [0, 0.05) is 37.7 Å². The van der Waals surface area contributed by atoms with Crippen molar-refractivity contribution in [3.63, 3.8) is 0 Å². The summed E-state index contributed by atoms with van der Waals surface area (Å²) in [5, 5.41) is 0. The molecule has 4 atom stereocenters. The zero-order valence-electron chi connectivity index (χ0n) is 26.8. The van der Waals surface area contributed by atoms with Crippen molar-refractivity contribution in [2.24, 2.45) is 23.2 Å². The van der Waals surface area contributed by atoms with Crippen molar-refractivity contribution in [1.82, 2.24) is 9.80 Å². The fourth-order valence-corrected chi connectivity index (χ4v) is 8.19. The highest BCUT2D eigenvalue weighted by atomic mass is 16.5. The molecule has 0 bridgehead atoms. The van der Waals surface area contributed by atoms with Crippen molar-refractivity contribution >= 4 is 17.8 Å². The first-order chi connectivity index (χ1) is 21.3. The van der Waals surface area contributed by atoms with Crippen molar-refractivity contribution in [3.8, 4) is 0 Å². The average molecular weight is 603 g/mol. The van der Waals surface area contributed by atoms with Gasteiger partial charge in [-0.25, -0.2) is 0 Å². The first-order valence-electron chi connectivity index (χ1n) is 17.1. The third-order valence-corrected chi connectivity index (χ3v) is 10.9. The predicted octanol–water partition coefficient (Wildman–Crippen LogP) is 6.40. The second kappa shape index (κ2) is 13.2. The lowest BCUT2D eigenvalue weighted by Crippen LogP contribution is -2.62. The fraction of sp³-hybridized carbons (Fsp3) is 0.649. The quantitative estimate of drug-likeness (QED) is 0.242. The maximum Gasteiger partial charge on any atom is 0.320 e. The van der Waals surface area contributed by atoms with Gasteiger partial charge in [-0.05, 0) is 93.6 Å². The van der Waals surface area contributed by atoms with Gasteiger partial charge in [0.1, 0.15) is 5.41 Å². The van der Waals surface area contributed by atoms with E-state index in [-0.39, 0.29) is 54.7 Å². The van der Waals surface area contributed by atoms with E-state index in [9.17, 15) is 14.4 Å². The number of nitrogens with zero attached hydrogens (tertiary/aromatic N) is 2. The lowest BCUT2D eigenvalue weighted by Gasteiger charge is -2.53. The summed E-state index contributed by atoms with van der Waals surface area (Å²) < 4.78 is 12.3. The van der Waals surface area contributed by atoms with Crippen molar-refractivity contribution < 1.29 is 23.9 Å². The van der Waals surface area contributed by atoms with Gasteiger partial charge in [-0.3, -0.25) is 14.4 Å². The molecule has 7 nitrogen and oxygen atoms in total. The van der Waals surface area contributed by atoms with Crippen molar-refractivity contribution in [2.75, 3.05) is 26.7 Å². The summed E-state index contributed by atoms with van der Waals surface area (Å²) in [7, 11) is 1.44. The number of benzene rings is 1. The van der Waals surface area contributed by atoms with Crippen LogP contribution in [0.5, 0.6) is 0 Å². The van der Waals surface area contributed by atoms with E-state index in [1.165, 1.54) is 31.1 Å². The molecule has 5 aliphatic rings. The smallest absolute Gasteiger partial charge is 0.320 e. The van der Waals surface area contributed by atoms with Gasteiger partial charge in [-0.15, -0.1) is 0 Å². The Balaban J connectivity index is 1.28. The largest absolute Gasteiger partial charge is 0.468 e. The summed E-state index contributed by atoms with van der Waals surface area (Å²) in [5.74, 6) is -0.0385. The highest BCUT2D eigenvalue weighted by Gasteiger charge is 2.63. The van der Waals surface area contributed by atoms with E-state index < -0.39 is 11.3 Å². The molecule has 1 aromatic carbocycles. The Morgan fingerprint density at radius 1 is 1.07 bits per heavy atom. The van der Waals surface area contributed by atoms with E-state index >= 15 is 0 Å². The summed E-state index contributed by atoms with van der Waals surface area (Å²) in [4.78, 5) is 46.1. The van der Waals surface area contributed by atoms with Gasteiger partial charge in [0.15, 0.2) is 0 Å². The van der Waals surface area contributed by atoms with Gasteiger partial charge in [-0.2, -0.15) is 0 Å². The molecule has 7 heteroatoms. The molecule has 6 rings (SSSR count). The van der Waals surface area contributed by atoms with Crippen molar-refractivity contribution in [1.29, 1.82) is 0 Å². The number of hydrogen-bond donors (Lipinski definition) is 0. The molecule has 0 unspecified atom stereocenters. The predicted molar refractivity (Wildman–Crippen MR) is 169 cm³/mol. The molecule has 3 fully saturated rings. The van der Waals surface area contributed by atoms with Crippen LogP contribution in [-0.4, -0.2) is 66.5 Å². The van der Waals surface area contributed by atoms with Crippen LogP contribution in [0.4, 0.5) is 0 Å². The van der Waals surface area contributed by atoms with E-state index in [0.717, 1.165) is 50.6 Å². The molecular formula is C37H50N2O5. The third kappa shape index (κ3) is 6.14. The number of carbonyl (C=O) groups excluding carboxylic acids is 3. The van der Waals surface area contributed by atoms with Crippen LogP contribution in [0.15, 0.2) is 53.8 Å². The van der Waals surface area contributed by atoms with Gasteiger partial charge in [-0.1, -0.05) is 55.8 Å². The lowest BCUT2D eigenvalue weighted by atomic mass is 9.64. The van der Waals surface area contributed by atoms with Crippen LogP contribution in [0, 0.1) is 23.2 Å². The van der Waals surface area contributed by atoms with Crippen LogP contribution in [0.25, 0.3) is 0 Å². The molecule has 0 spiro atoms. The molecule has 0 aromatic heterocycles. The van der Waals surface area contributed by atoms with E-state index in [2.05, 4.69) is 44.2 Å². The first kappa shape index (κ1) is 31.1. The number of ether oxygens (including phenoxy) is 2. The number of esters is 1. The number of allylic oxidation sites excluding steroid dienone is 1. The third-order valence-electron chi connectivity index (χ3n) is 10.9. The van der Waals surface area contributed by atoms with Crippen molar-refractivity contribution in [3.05, 3.63) is 59.3 Å². The molecular weight excluding hydrogens is 552 g/mol. The zero-order valence-corrected chi connectivity index (χ0v) is 26.8. The number of piperidine rings is 2. The van der Waals surface area contributed by atoms with Crippen LogP contribution in [0.1, 0.15) is 96.0 Å². The second-order valence-corrected chi connectivity index (χ2v) is 14.1. The van der Waals surface area contributed by atoms with Crippen LogP contribution in [0.3, 0.4) is 0 Å². The number of hydrogen-bond acceptors (Lipinski definition) is 5. The van der Waals surface area contributed by atoms with Crippen LogP contribution < -0.4 is 0 Å². The molecule has 1 aromatic rings. The Labute approximate surface area is 263 Å². The number of methoxy groups -OCH3 is 1. The normalized spacial score (nSPS) is 29.6. The maximum absolute atomic E-state index is 14.4. The minimum absolute atomic E-state index is 0.0111. The SMILES string of the molecule is COC(=O)[C@]12C[C@H](CC(=O)N3CCC(c4ccccc4)CC3)C(=O)N(CCC3=CCCCC3)C1=C[C@H](C(C)C)O[C@@H]2C1CC1. The van der Waals surface area contributed by atoms with E-state index in [1.807, 2.05) is 21.9 Å². The second-order valence-electron chi connectivity index (χ2n) is 14.1. The number of carbonyl (C=O) groups is 3. The topological polar surface area (TPSA) is 76.2 Å². The Bertz CT molecular complexity index is 1280. The van der Waals surface area contributed by atoms with Crippen LogP contribution in [0.2, 0.25) is 0 Å². The fourth-order valence-electron chi connectivity index (χ4n) is 8.19. The van der Waals surface area contributed by atoms with Gasteiger partial charge in [0.05, 0.1) is 19.3 Å². The standard InChI is InChI=1S/C37H50N2O5/c1-25(2)31-23-32-37(36(42)43-3,34(44-31)29-14-15-29)24-30(35(41)39(32)21-16-26-10-6-4-7-11-26)22-33(40)38-19-17-28(18-20-38)27-12-8-5-9-13-27/h5,8-10,12-13,23,25,28-31,34H,4,6-7,11,14-22,24H2,1-3H3/t30-,31+,34+,37+/m0/s1. The Kier molecular flexibility index (Phi) is 9.32. The van der Waals surface area contributed by atoms with E-state index in [1.54, 1.807) is 0 Å². The summed E-state index contributed by atoms with van der Waals surface area (Å²) in [6.07, 6.45) is 13.4. The summed E-state index contributed by atoms with van der Waals surface area (Å²) >= 11 is 0. The molecule has 3 aliphatic heterocycles. The lowest BCUT2D eigenvalue weighted by molar-refractivity contribution is -0.182.